The quantitative estimate of drug-likeness (QED) is 0.882. The molecule has 5 nitrogen and oxygen atoms in total. The summed E-state index contributed by atoms with van der Waals surface area (Å²) in [5, 5.41) is 2.79. The molecule has 2 aromatic heterocycles. The van der Waals surface area contributed by atoms with E-state index in [0.717, 1.165) is 18.0 Å². The second-order valence-corrected chi connectivity index (χ2v) is 4.52. The van der Waals surface area contributed by atoms with Crippen molar-refractivity contribution in [2.75, 3.05) is 12.3 Å². The van der Waals surface area contributed by atoms with Crippen molar-refractivity contribution in [2.45, 2.75) is 13.3 Å². The molecule has 0 aliphatic rings. The summed E-state index contributed by atoms with van der Waals surface area (Å²) in [5.74, 6) is -0.172. The molecule has 2 aromatic rings. The third-order valence-electron chi connectivity index (χ3n) is 2.38. The van der Waals surface area contributed by atoms with Gasteiger partial charge in [-0.05, 0) is 30.1 Å². The van der Waals surface area contributed by atoms with Gasteiger partial charge in [-0.1, -0.05) is 13.0 Å². The molecular weight excluding hydrogens is 248 g/mol. The van der Waals surface area contributed by atoms with Gasteiger partial charge in [0.15, 0.2) is 0 Å². The number of nitrogens with two attached hydrogens (primary N) is 1. The zero-order valence-electron chi connectivity index (χ0n) is 10.0. The van der Waals surface area contributed by atoms with Crippen LogP contribution in [-0.2, 0) is 0 Å². The number of aromatic nitrogens is 2. The topological polar surface area (TPSA) is 80.9 Å². The summed E-state index contributed by atoms with van der Waals surface area (Å²) in [7, 11) is 0. The summed E-state index contributed by atoms with van der Waals surface area (Å²) in [5.41, 5.74) is 7.60. The predicted molar refractivity (Wildman–Crippen MR) is 72.4 cm³/mol. The van der Waals surface area contributed by atoms with Crippen LogP contribution in [0, 0.1) is 0 Å². The van der Waals surface area contributed by atoms with E-state index in [-0.39, 0.29) is 5.91 Å². The number of anilines is 1. The minimum absolute atomic E-state index is 0.172. The zero-order chi connectivity index (χ0) is 13.0. The first-order valence-corrected chi connectivity index (χ1v) is 6.46. The lowest BCUT2D eigenvalue weighted by Gasteiger charge is -2.01. The van der Waals surface area contributed by atoms with Crippen molar-refractivity contribution in [3.63, 3.8) is 0 Å². The van der Waals surface area contributed by atoms with Crippen molar-refractivity contribution in [1.29, 1.82) is 0 Å². The van der Waals surface area contributed by atoms with Crippen molar-refractivity contribution < 1.29 is 4.79 Å². The van der Waals surface area contributed by atoms with Crippen molar-refractivity contribution in [2.24, 2.45) is 0 Å². The van der Waals surface area contributed by atoms with E-state index in [1.165, 1.54) is 0 Å². The number of nitrogens with zero attached hydrogens (tertiary/aromatic N) is 2. The van der Waals surface area contributed by atoms with E-state index in [4.69, 9.17) is 5.73 Å². The Bertz CT molecular complexity index is 538. The van der Waals surface area contributed by atoms with E-state index in [2.05, 4.69) is 14.7 Å². The number of rotatable bonds is 4. The average molecular weight is 262 g/mol. The molecule has 2 rings (SSSR count). The minimum atomic E-state index is -0.172. The van der Waals surface area contributed by atoms with Crippen LogP contribution < -0.4 is 11.1 Å². The molecule has 0 aliphatic carbocycles. The Kier molecular flexibility index (Phi) is 3.88. The standard InChI is InChI=1S/C12H14N4OS/c1-2-6-15-12(17)11-9(13)10(16-18-11)8-5-3-4-7-14-8/h3-5,7H,2,6,13H2,1H3,(H,15,17). The van der Waals surface area contributed by atoms with Gasteiger partial charge in [0.25, 0.3) is 5.91 Å². The average Bonchev–Trinajstić information content (AvgIpc) is 2.79. The predicted octanol–water partition coefficient (Wildman–Crippen LogP) is 1.93. The molecule has 2 heterocycles. The number of amides is 1. The molecule has 94 valence electrons. The Morgan fingerprint density at radius 1 is 1.50 bits per heavy atom. The summed E-state index contributed by atoms with van der Waals surface area (Å²) in [4.78, 5) is 16.5. The maximum absolute atomic E-state index is 11.8. The molecule has 0 bridgehead atoms. The molecule has 0 spiro atoms. The van der Waals surface area contributed by atoms with Gasteiger partial charge in [0.2, 0.25) is 0 Å². The Morgan fingerprint density at radius 2 is 2.33 bits per heavy atom. The van der Waals surface area contributed by atoms with E-state index in [1.807, 2.05) is 25.1 Å². The normalized spacial score (nSPS) is 10.3. The first-order chi connectivity index (χ1) is 8.74. The number of nitrogen functional groups attached to an aromatic ring is 1. The summed E-state index contributed by atoms with van der Waals surface area (Å²) in [6.45, 7) is 2.63. The molecule has 0 saturated carbocycles. The van der Waals surface area contributed by atoms with Gasteiger partial charge >= 0.3 is 0 Å². The molecule has 0 aliphatic heterocycles. The van der Waals surface area contributed by atoms with Crippen LogP contribution in [0.3, 0.4) is 0 Å². The highest BCUT2D eigenvalue weighted by atomic mass is 32.1. The number of nitrogens with one attached hydrogen (secondary N) is 1. The van der Waals surface area contributed by atoms with Gasteiger partial charge < -0.3 is 11.1 Å². The molecule has 3 N–H and O–H groups in total. The third kappa shape index (κ3) is 2.48. The first kappa shape index (κ1) is 12.5. The van der Waals surface area contributed by atoms with Crippen LogP contribution in [0.1, 0.15) is 23.0 Å². The van der Waals surface area contributed by atoms with Gasteiger partial charge in [-0.15, -0.1) is 0 Å². The minimum Gasteiger partial charge on any atom is -0.396 e. The van der Waals surface area contributed by atoms with E-state index in [0.29, 0.717) is 28.5 Å². The fraction of sp³-hybridized carbons (Fsp3) is 0.250. The molecule has 0 saturated heterocycles. The van der Waals surface area contributed by atoms with Crippen molar-refractivity contribution >= 4 is 23.1 Å². The lowest BCUT2D eigenvalue weighted by Crippen LogP contribution is -2.23. The maximum Gasteiger partial charge on any atom is 0.265 e. The van der Waals surface area contributed by atoms with Crippen molar-refractivity contribution in [3.8, 4) is 11.4 Å². The van der Waals surface area contributed by atoms with Gasteiger partial charge in [0.05, 0.1) is 11.4 Å². The third-order valence-corrected chi connectivity index (χ3v) is 3.24. The molecule has 0 fully saturated rings. The monoisotopic (exact) mass is 262 g/mol. The highest BCUT2D eigenvalue weighted by Crippen LogP contribution is 2.29. The highest BCUT2D eigenvalue weighted by Gasteiger charge is 2.18. The number of hydrogen-bond donors (Lipinski definition) is 2. The van der Waals surface area contributed by atoms with Crippen LogP contribution in [0.4, 0.5) is 5.69 Å². The SMILES string of the molecule is CCCNC(=O)c1snc(-c2ccccn2)c1N. The van der Waals surface area contributed by atoms with Crippen LogP contribution in [0.5, 0.6) is 0 Å². The van der Waals surface area contributed by atoms with E-state index >= 15 is 0 Å². The lowest BCUT2D eigenvalue weighted by atomic mass is 10.2. The molecule has 0 aromatic carbocycles. The van der Waals surface area contributed by atoms with Crippen molar-refractivity contribution in [1.82, 2.24) is 14.7 Å². The van der Waals surface area contributed by atoms with Gasteiger partial charge in [-0.25, -0.2) is 0 Å². The van der Waals surface area contributed by atoms with Gasteiger partial charge in [0.1, 0.15) is 10.6 Å². The van der Waals surface area contributed by atoms with Gasteiger partial charge in [-0.3, -0.25) is 9.78 Å². The van der Waals surface area contributed by atoms with Crippen LogP contribution in [0.15, 0.2) is 24.4 Å². The Labute approximate surface area is 109 Å². The number of pyridine rings is 1. The number of carbonyl (C=O) groups excluding carboxylic acids is 1. The Morgan fingerprint density at radius 3 is 3.00 bits per heavy atom. The summed E-state index contributed by atoms with van der Waals surface area (Å²) >= 11 is 1.10. The van der Waals surface area contributed by atoms with Gasteiger partial charge in [0, 0.05) is 12.7 Å². The molecule has 18 heavy (non-hydrogen) atoms. The van der Waals surface area contributed by atoms with Crippen molar-refractivity contribution in [3.05, 3.63) is 29.3 Å². The van der Waals surface area contributed by atoms with Gasteiger partial charge in [-0.2, -0.15) is 4.37 Å². The smallest absolute Gasteiger partial charge is 0.265 e. The fourth-order valence-corrected chi connectivity index (χ4v) is 2.19. The van der Waals surface area contributed by atoms with Crippen LogP contribution >= 0.6 is 11.5 Å². The number of hydrogen-bond acceptors (Lipinski definition) is 5. The molecule has 0 radical (unpaired) electrons. The fourth-order valence-electron chi connectivity index (χ4n) is 1.47. The summed E-state index contributed by atoms with van der Waals surface area (Å²) < 4.78 is 4.21. The highest BCUT2D eigenvalue weighted by molar-refractivity contribution is 7.09. The second-order valence-electron chi connectivity index (χ2n) is 3.74. The van der Waals surface area contributed by atoms with Crippen LogP contribution in [-0.4, -0.2) is 21.8 Å². The molecule has 1 amide bonds. The zero-order valence-corrected chi connectivity index (χ0v) is 10.8. The van der Waals surface area contributed by atoms with Crippen LogP contribution in [0.2, 0.25) is 0 Å². The first-order valence-electron chi connectivity index (χ1n) is 5.68. The van der Waals surface area contributed by atoms with E-state index < -0.39 is 0 Å². The Balaban J connectivity index is 2.27. The lowest BCUT2D eigenvalue weighted by molar-refractivity contribution is 0.0958. The molecule has 6 heteroatoms. The van der Waals surface area contributed by atoms with Crippen LogP contribution in [0.25, 0.3) is 11.4 Å². The molecule has 0 unspecified atom stereocenters. The molecular formula is C12H14N4OS. The maximum atomic E-state index is 11.8. The second kappa shape index (κ2) is 5.59. The number of carbonyl (C=O) groups is 1. The molecule has 0 atom stereocenters. The largest absolute Gasteiger partial charge is 0.396 e. The Hall–Kier alpha value is -1.95. The summed E-state index contributed by atoms with van der Waals surface area (Å²) in [6, 6.07) is 5.50. The van der Waals surface area contributed by atoms with E-state index in [1.54, 1.807) is 6.20 Å². The summed E-state index contributed by atoms with van der Waals surface area (Å²) in [6.07, 6.45) is 2.56. The van der Waals surface area contributed by atoms with E-state index in [9.17, 15) is 4.79 Å².